The normalized spacial score (nSPS) is 11.3. The molecule has 0 atom stereocenters. The Morgan fingerprint density at radius 1 is 1.06 bits per heavy atom. The Morgan fingerprint density at radius 3 is 2.33 bits per heavy atom. The standard InChI is InChI=1S/C13H11F3N2/c1-17-9-6-7-12(18-8-9)10-4-2-3-5-11(10)13(14,15)16/h2-8,17H,1H3. The number of alkyl halides is 3. The molecular formula is C13H11F3N2. The molecule has 18 heavy (non-hydrogen) atoms. The first-order chi connectivity index (χ1) is 8.52. The van der Waals surface area contributed by atoms with Gasteiger partial charge in [0, 0.05) is 12.6 Å². The molecule has 0 spiro atoms. The van der Waals surface area contributed by atoms with Crippen LogP contribution in [0.1, 0.15) is 5.56 Å². The summed E-state index contributed by atoms with van der Waals surface area (Å²) in [5, 5.41) is 2.87. The quantitative estimate of drug-likeness (QED) is 0.879. The molecule has 0 aliphatic rings. The van der Waals surface area contributed by atoms with Crippen molar-refractivity contribution < 1.29 is 13.2 Å². The van der Waals surface area contributed by atoms with Crippen LogP contribution < -0.4 is 5.32 Å². The summed E-state index contributed by atoms with van der Waals surface area (Å²) in [6, 6.07) is 8.67. The lowest BCUT2D eigenvalue weighted by atomic mass is 10.0. The van der Waals surface area contributed by atoms with Gasteiger partial charge in [-0.15, -0.1) is 0 Å². The van der Waals surface area contributed by atoms with Crippen molar-refractivity contribution in [2.75, 3.05) is 12.4 Å². The van der Waals surface area contributed by atoms with Crippen LogP contribution in [-0.2, 0) is 6.18 Å². The van der Waals surface area contributed by atoms with Crippen molar-refractivity contribution in [3.05, 3.63) is 48.2 Å². The van der Waals surface area contributed by atoms with E-state index in [4.69, 9.17) is 0 Å². The van der Waals surface area contributed by atoms with Gasteiger partial charge >= 0.3 is 6.18 Å². The summed E-state index contributed by atoms with van der Waals surface area (Å²) in [7, 11) is 1.72. The topological polar surface area (TPSA) is 24.9 Å². The summed E-state index contributed by atoms with van der Waals surface area (Å²) >= 11 is 0. The largest absolute Gasteiger partial charge is 0.417 e. The van der Waals surface area contributed by atoms with Crippen molar-refractivity contribution in [2.45, 2.75) is 6.18 Å². The van der Waals surface area contributed by atoms with Gasteiger partial charge in [0.25, 0.3) is 0 Å². The number of hydrogen-bond acceptors (Lipinski definition) is 2. The Labute approximate surface area is 102 Å². The van der Waals surface area contributed by atoms with Crippen LogP contribution >= 0.6 is 0 Å². The smallest absolute Gasteiger partial charge is 0.387 e. The lowest BCUT2D eigenvalue weighted by molar-refractivity contribution is -0.137. The fourth-order valence-corrected chi connectivity index (χ4v) is 1.65. The van der Waals surface area contributed by atoms with Gasteiger partial charge in [-0.1, -0.05) is 18.2 Å². The highest BCUT2D eigenvalue weighted by atomic mass is 19.4. The minimum Gasteiger partial charge on any atom is -0.387 e. The van der Waals surface area contributed by atoms with E-state index in [0.29, 0.717) is 5.69 Å². The summed E-state index contributed by atoms with van der Waals surface area (Å²) in [4.78, 5) is 4.03. The maximum absolute atomic E-state index is 12.8. The van der Waals surface area contributed by atoms with Crippen LogP contribution in [0.4, 0.5) is 18.9 Å². The van der Waals surface area contributed by atoms with E-state index in [-0.39, 0.29) is 5.56 Å². The number of hydrogen-bond donors (Lipinski definition) is 1. The summed E-state index contributed by atoms with van der Waals surface area (Å²) in [6.45, 7) is 0. The number of aromatic nitrogens is 1. The van der Waals surface area contributed by atoms with Crippen molar-refractivity contribution in [3.8, 4) is 11.3 Å². The summed E-state index contributed by atoms with van der Waals surface area (Å²) < 4.78 is 38.5. The molecule has 0 aliphatic carbocycles. The third kappa shape index (κ3) is 2.45. The van der Waals surface area contributed by atoms with Gasteiger partial charge in [-0.2, -0.15) is 13.2 Å². The molecule has 0 radical (unpaired) electrons. The maximum atomic E-state index is 12.8. The molecule has 0 saturated heterocycles. The van der Waals surface area contributed by atoms with E-state index >= 15 is 0 Å². The van der Waals surface area contributed by atoms with Crippen molar-refractivity contribution in [1.82, 2.24) is 4.98 Å². The molecule has 1 aromatic heterocycles. The SMILES string of the molecule is CNc1ccc(-c2ccccc2C(F)(F)F)nc1. The molecule has 5 heteroatoms. The Kier molecular flexibility index (Phi) is 3.23. The highest BCUT2D eigenvalue weighted by Gasteiger charge is 2.33. The van der Waals surface area contributed by atoms with E-state index < -0.39 is 11.7 Å². The van der Waals surface area contributed by atoms with E-state index in [1.165, 1.54) is 18.3 Å². The number of rotatable bonds is 2. The highest BCUT2D eigenvalue weighted by molar-refractivity contribution is 5.65. The van der Waals surface area contributed by atoms with Gasteiger partial charge < -0.3 is 5.32 Å². The zero-order chi connectivity index (χ0) is 13.2. The minimum atomic E-state index is -4.38. The predicted molar refractivity (Wildman–Crippen MR) is 64.2 cm³/mol. The molecule has 2 aromatic rings. The van der Waals surface area contributed by atoms with Gasteiger partial charge in [0.15, 0.2) is 0 Å². The van der Waals surface area contributed by atoms with E-state index in [0.717, 1.165) is 11.8 Å². The Hall–Kier alpha value is -2.04. The number of nitrogens with one attached hydrogen (secondary N) is 1. The van der Waals surface area contributed by atoms with Crippen molar-refractivity contribution in [1.29, 1.82) is 0 Å². The maximum Gasteiger partial charge on any atom is 0.417 e. The monoisotopic (exact) mass is 252 g/mol. The van der Waals surface area contributed by atoms with Crippen LogP contribution in [0.15, 0.2) is 42.6 Å². The van der Waals surface area contributed by atoms with Crippen LogP contribution in [-0.4, -0.2) is 12.0 Å². The lowest BCUT2D eigenvalue weighted by Gasteiger charge is -2.12. The molecule has 0 saturated carbocycles. The molecule has 1 heterocycles. The number of benzene rings is 1. The van der Waals surface area contributed by atoms with E-state index in [1.807, 2.05) is 0 Å². The molecule has 0 amide bonds. The van der Waals surface area contributed by atoms with Crippen molar-refractivity contribution in [2.24, 2.45) is 0 Å². The number of halogens is 3. The fourth-order valence-electron chi connectivity index (χ4n) is 1.65. The second-order valence-electron chi connectivity index (χ2n) is 3.73. The zero-order valence-corrected chi connectivity index (χ0v) is 9.62. The molecule has 1 N–H and O–H groups in total. The Morgan fingerprint density at radius 2 is 1.78 bits per heavy atom. The fraction of sp³-hybridized carbons (Fsp3) is 0.154. The third-order valence-corrected chi connectivity index (χ3v) is 2.56. The van der Waals surface area contributed by atoms with Gasteiger partial charge in [0.1, 0.15) is 0 Å². The van der Waals surface area contributed by atoms with Crippen molar-refractivity contribution >= 4 is 5.69 Å². The molecule has 94 valence electrons. The highest BCUT2D eigenvalue weighted by Crippen LogP contribution is 2.36. The number of pyridine rings is 1. The molecule has 0 bridgehead atoms. The second kappa shape index (κ2) is 4.68. The predicted octanol–water partition coefficient (Wildman–Crippen LogP) is 3.81. The van der Waals surface area contributed by atoms with Gasteiger partial charge in [-0.25, -0.2) is 0 Å². The first-order valence-electron chi connectivity index (χ1n) is 5.33. The molecule has 0 fully saturated rings. The van der Waals surface area contributed by atoms with E-state index in [2.05, 4.69) is 10.3 Å². The average molecular weight is 252 g/mol. The van der Waals surface area contributed by atoms with Crippen molar-refractivity contribution in [3.63, 3.8) is 0 Å². The Balaban J connectivity index is 2.50. The summed E-state index contributed by atoms with van der Waals surface area (Å²) in [5.41, 5.74) is 0.479. The zero-order valence-electron chi connectivity index (χ0n) is 9.62. The van der Waals surface area contributed by atoms with Crippen LogP contribution in [0.2, 0.25) is 0 Å². The first kappa shape index (κ1) is 12.4. The van der Waals surface area contributed by atoms with Crippen LogP contribution in [0.5, 0.6) is 0 Å². The molecule has 2 nitrogen and oxygen atoms in total. The average Bonchev–Trinajstić information content (AvgIpc) is 2.38. The van der Waals surface area contributed by atoms with E-state index in [1.54, 1.807) is 25.2 Å². The summed E-state index contributed by atoms with van der Waals surface area (Å²) in [6.07, 6.45) is -2.87. The number of nitrogens with zero attached hydrogens (tertiary/aromatic N) is 1. The molecule has 2 rings (SSSR count). The van der Waals surface area contributed by atoms with Gasteiger partial charge in [-0.05, 0) is 18.2 Å². The minimum absolute atomic E-state index is 0.0904. The Bertz CT molecular complexity index is 533. The number of anilines is 1. The van der Waals surface area contributed by atoms with Crippen LogP contribution in [0.25, 0.3) is 11.3 Å². The van der Waals surface area contributed by atoms with Crippen LogP contribution in [0, 0.1) is 0 Å². The van der Waals surface area contributed by atoms with Crippen LogP contribution in [0.3, 0.4) is 0 Å². The molecule has 0 unspecified atom stereocenters. The third-order valence-electron chi connectivity index (χ3n) is 2.56. The molecule has 1 aromatic carbocycles. The summed E-state index contributed by atoms with van der Waals surface area (Å²) in [5.74, 6) is 0. The molecule has 0 aliphatic heterocycles. The lowest BCUT2D eigenvalue weighted by Crippen LogP contribution is -2.07. The first-order valence-corrected chi connectivity index (χ1v) is 5.33. The van der Waals surface area contributed by atoms with Gasteiger partial charge in [-0.3, -0.25) is 4.98 Å². The van der Waals surface area contributed by atoms with E-state index in [9.17, 15) is 13.2 Å². The van der Waals surface area contributed by atoms with Gasteiger partial charge in [0.2, 0.25) is 0 Å². The van der Waals surface area contributed by atoms with Gasteiger partial charge in [0.05, 0.1) is 23.1 Å². The molecular weight excluding hydrogens is 241 g/mol. The second-order valence-corrected chi connectivity index (χ2v) is 3.73.